The molecule has 1 fully saturated rings. The normalized spacial score (nSPS) is 22.3. The number of rotatable bonds is 1. The van der Waals surface area contributed by atoms with Crippen molar-refractivity contribution in [2.24, 2.45) is 0 Å². The maximum atomic E-state index is 3.50. The Bertz CT molecular complexity index is 316. The monoisotopic (exact) mass is 253 g/mol. The summed E-state index contributed by atoms with van der Waals surface area (Å²) in [6.07, 6.45) is 2.63. The summed E-state index contributed by atoms with van der Waals surface area (Å²) in [4.78, 5) is 0. The van der Waals surface area contributed by atoms with Crippen LogP contribution in [-0.4, -0.2) is 13.1 Å². The summed E-state index contributed by atoms with van der Waals surface area (Å²) in [6, 6.07) is 6.62. The number of piperidine rings is 1. The lowest BCUT2D eigenvalue weighted by Crippen LogP contribution is -2.28. The quantitative estimate of drug-likeness (QED) is 0.811. The Balaban J connectivity index is 2.22. The molecular weight excluding hydrogens is 238 g/mol. The minimum Gasteiger partial charge on any atom is -0.316 e. The van der Waals surface area contributed by atoms with E-state index in [2.05, 4.69) is 46.4 Å². The molecule has 14 heavy (non-hydrogen) atoms. The lowest BCUT2D eigenvalue weighted by atomic mass is 9.89. The van der Waals surface area contributed by atoms with Gasteiger partial charge < -0.3 is 5.32 Å². The third kappa shape index (κ3) is 2.18. The maximum Gasteiger partial charge on any atom is 0.0178 e. The second-order valence-corrected chi connectivity index (χ2v) is 4.96. The fourth-order valence-electron chi connectivity index (χ4n) is 2.21. The molecule has 1 aliphatic heterocycles. The van der Waals surface area contributed by atoms with Gasteiger partial charge in [-0.1, -0.05) is 22.0 Å². The zero-order valence-electron chi connectivity index (χ0n) is 8.52. The van der Waals surface area contributed by atoms with Gasteiger partial charge in [0.2, 0.25) is 0 Å². The molecular formula is C12H16BrN. The van der Waals surface area contributed by atoms with Crippen LogP contribution in [0.15, 0.2) is 22.7 Å². The molecule has 0 radical (unpaired) electrons. The van der Waals surface area contributed by atoms with Gasteiger partial charge in [-0.2, -0.15) is 0 Å². The van der Waals surface area contributed by atoms with Crippen molar-refractivity contribution in [2.75, 3.05) is 13.1 Å². The van der Waals surface area contributed by atoms with Crippen molar-refractivity contribution in [1.82, 2.24) is 5.32 Å². The summed E-state index contributed by atoms with van der Waals surface area (Å²) in [5.41, 5.74) is 2.92. The van der Waals surface area contributed by atoms with Crippen LogP contribution < -0.4 is 5.32 Å². The molecule has 1 nitrogen and oxygen atoms in total. The topological polar surface area (TPSA) is 12.0 Å². The van der Waals surface area contributed by atoms with E-state index in [4.69, 9.17) is 0 Å². The van der Waals surface area contributed by atoms with Crippen molar-refractivity contribution < 1.29 is 0 Å². The van der Waals surface area contributed by atoms with E-state index < -0.39 is 0 Å². The lowest BCUT2D eigenvalue weighted by Gasteiger charge is -2.24. The van der Waals surface area contributed by atoms with E-state index in [9.17, 15) is 0 Å². The van der Waals surface area contributed by atoms with Crippen LogP contribution in [0.1, 0.15) is 29.9 Å². The van der Waals surface area contributed by atoms with Gasteiger partial charge in [0.1, 0.15) is 0 Å². The van der Waals surface area contributed by atoms with E-state index in [1.807, 2.05) is 0 Å². The molecule has 1 aromatic rings. The summed E-state index contributed by atoms with van der Waals surface area (Å²) < 4.78 is 1.18. The molecule has 1 N–H and O–H groups in total. The third-order valence-electron chi connectivity index (χ3n) is 2.97. The Morgan fingerprint density at radius 3 is 2.93 bits per heavy atom. The Hall–Kier alpha value is -0.340. The number of aryl methyl sites for hydroxylation is 1. The maximum absolute atomic E-state index is 3.50. The molecule has 0 aliphatic carbocycles. The second kappa shape index (κ2) is 4.45. The van der Waals surface area contributed by atoms with Crippen molar-refractivity contribution in [3.8, 4) is 0 Å². The smallest absolute Gasteiger partial charge is 0.0178 e. The first-order valence-electron chi connectivity index (χ1n) is 5.24. The van der Waals surface area contributed by atoms with Crippen LogP contribution in [0.4, 0.5) is 0 Å². The van der Waals surface area contributed by atoms with Crippen molar-refractivity contribution in [2.45, 2.75) is 25.7 Å². The molecule has 0 unspecified atom stereocenters. The zero-order valence-corrected chi connectivity index (χ0v) is 10.1. The van der Waals surface area contributed by atoms with Crippen LogP contribution in [0.2, 0.25) is 0 Å². The Morgan fingerprint density at radius 1 is 1.43 bits per heavy atom. The molecule has 0 bridgehead atoms. The van der Waals surface area contributed by atoms with E-state index in [0.717, 1.165) is 12.5 Å². The second-order valence-electron chi connectivity index (χ2n) is 4.04. The summed E-state index contributed by atoms with van der Waals surface area (Å²) in [5, 5.41) is 3.46. The number of benzene rings is 1. The first-order chi connectivity index (χ1) is 6.77. The molecule has 1 aliphatic rings. The Kier molecular flexibility index (Phi) is 3.24. The molecule has 1 heterocycles. The highest BCUT2D eigenvalue weighted by Gasteiger charge is 2.16. The summed E-state index contributed by atoms with van der Waals surface area (Å²) in [6.45, 7) is 4.53. The highest BCUT2D eigenvalue weighted by atomic mass is 79.9. The average Bonchev–Trinajstić information content (AvgIpc) is 2.19. The van der Waals surface area contributed by atoms with E-state index >= 15 is 0 Å². The SMILES string of the molecule is Cc1cc(Br)ccc1[C@H]1CCCNC1. The summed E-state index contributed by atoms with van der Waals surface area (Å²) in [5.74, 6) is 0.719. The predicted molar refractivity (Wildman–Crippen MR) is 63.7 cm³/mol. The van der Waals surface area contributed by atoms with Gasteiger partial charge in [0.05, 0.1) is 0 Å². The standard InChI is InChI=1S/C12H16BrN/c1-9-7-11(13)4-5-12(9)10-3-2-6-14-8-10/h4-5,7,10,14H,2-3,6,8H2,1H3/t10-/m0/s1. The summed E-state index contributed by atoms with van der Waals surface area (Å²) in [7, 11) is 0. The minimum absolute atomic E-state index is 0.719. The van der Waals surface area contributed by atoms with E-state index in [0.29, 0.717) is 0 Å². The van der Waals surface area contributed by atoms with Gasteiger partial charge in [-0.25, -0.2) is 0 Å². The molecule has 0 aromatic heterocycles. The molecule has 0 saturated carbocycles. The highest BCUT2D eigenvalue weighted by Crippen LogP contribution is 2.27. The first-order valence-corrected chi connectivity index (χ1v) is 6.03. The van der Waals surface area contributed by atoms with Crippen LogP contribution in [0.5, 0.6) is 0 Å². The Labute approximate surface area is 94.0 Å². The number of hydrogen-bond acceptors (Lipinski definition) is 1. The average molecular weight is 254 g/mol. The third-order valence-corrected chi connectivity index (χ3v) is 3.46. The Morgan fingerprint density at radius 2 is 2.29 bits per heavy atom. The van der Waals surface area contributed by atoms with Crippen LogP contribution in [0, 0.1) is 6.92 Å². The van der Waals surface area contributed by atoms with Gasteiger partial charge in [-0.05, 0) is 55.5 Å². The van der Waals surface area contributed by atoms with Gasteiger partial charge in [0.25, 0.3) is 0 Å². The molecule has 76 valence electrons. The van der Waals surface area contributed by atoms with E-state index in [-0.39, 0.29) is 0 Å². The first kappa shape index (κ1) is 10.2. The van der Waals surface area contributed by atoms with Gasteiger partial charge in [-0.15, -0.1) is 0 Å². The van der Waals surface area contributed by atoms with E-state index in [1.165, 1.54) is 35.0 Å². The van der Waals surface area contributed by atoms with Crippen molar-refractivity contribution in [3.63, 3.8) is 0 Å². The van der Waals surface area contributed by atoms with Crippen molar-refractivity contribution in [3.05, 3.63) is 33.8 Å². The lowest BCUT2D eigenvalue weighted by molar-refractivity contribution is 0.460. The van der Waals surface area contributed by atoms with Crippen molar-refractivity contribution in [1.29, 1.82) is 0 Å². The minimum atomic E-state index is 0.719. The predicted octanol–water partition coefficient (Wildman–Crippen LogP) is 3.22. The fourth-order valence-corrected chi connectivity index (χ4v) is 2.69. The van der Waals surface area contributed by atoms with Crippen LogP contribution in [-0.2, 0) is 0 Å². The van der Waals surface area contributed by atoms with Crippen molar-refractivity contribution >= 4 is 15.9 Å². The summed E-state index contributed by atoms with van der Waals surface area (Å²) >= 11 is 3.50. The van der Waals surface area contributed by atoms with Crippen LogP contribution in [0.25, 0.3) is 0 Å². The van der Waals surface area contributed by atoms with Gasteiger partial charge in [0, 0.05) is 11.0 Å². The van der Waals surface area contributed by atoms with Gasteiger partial charge >= 0.3 is 0 Å². The molecule has 0 amide bonds. The van der Waals surface area contributed by atoms with E-state index in [1.54, 1.807) is 0 Å². The fraction of sp³-hybridized carbons (Fsp3) is 0.500. The number of halogens is 1. The highest BCUT2D eigenvalue weighted by molar-refractivity contribution is 9.10. The molecule has 1 aromatic carbocycles. The van der Waals surface area contributed by atoms with Gasteiger partial charge in [0.15, 0.2) is 0 Å². The number of nitrogens with one attached hydrogen (secondary N) is 1. The molecule has 0 spiro atoms. The van der Waals surface area contributed by atoms with Crippen LogP contribution in [0.3, 0.4) is 0 Å². The molecule has 1 saturated heterocycles. The molecule has 1 atom stereocenters. The van der Waals surface area contributed by atoms with Gasteiger partial charge in [-0.3, -0.25) is 0 Å². The van der Waals surface area contributed by atoms with Crippen LogP contribution >= 0.6 is 15.9 Å². The number of hydrogen-bond donors (Lipinski definition) is 1. The largest absolute Gasteiger partial charge is 0.316 e. The zero-order chi connectivity index (χ0) is 9.97. The molecule has 2 rings (SSSR count). The molecule has 2 heteroatoms.